The van der Waals surface area contributed by atoms with Crippen molar-refractivity contribution in [3.05, 3.63) is 0 Å². The van der Waals surface area contributed by atoms with Crippen LogP contribution in [0, 0.1) is 0 Å². The average Bonchev–Trinajstić information content (AvgIpc) is 2.71. The Labute approximate surface area is 101 Å². The number of nitrogens with one attached hydrogen (secondary N) is 1. The summed E-state index contributed by atoms with van der Waals surface area (Å²) >= 11 is 0. The Balaban J connectivity index is 2.15. The Morgan fingerprint density at radius 3 is 2.62 bits per heavy atom. The summed E-state index contributed by atoms with van der Waals surface area (Å²) in [5.41, 5.74) is 0. The molecule has 2 unspecified atom stereocenters. The van der Waals surface area contributed by atoms with Gasteiger partial charge in [0.05, 0.1) is 6.10 Å². The molecule has 0 aromatic rings. The first-order valence-electron chi connectivity index (χ1n) is 6.73. The summed E-state index contributed by atoms with van der Waals surface area (Å²) in [6, 6.07) is 1.23. The molecule has 1 rings (SSSR count). The second-order valence-corrected chi connectivity index (χ2v) is 5.07. The lowest BCUT2D eigenvalue weighted by Crippen LogP contribution is -2.45. The van der Waals surface area contributed by atoms with E-state index in [1.165, 1.54) is 12.8 Å². The van der Waals surface area contributed by atoms with Crippen molar-refractivity contribution in [2.75, 3.05) is 26.2 Å². The highest BCUT2D eigenvalue weighted by molar-refractivity contribution is 4.74. The molecule has 1 aliphatic heterocycles. The first-order chi connectivity index (χ1) is 7.65. The van der Waals surface area contributed by atoms with Crippen LogP contribution < -0.4 is 5.32 Å². The number of nitrogens with zero attached hydrogens (tertiary/aromatic N) is 1. The van der Waals surface area contributed by atoms with Gasteiger partial charge < -0.3 is 10.1 Å². The standard InChI is InChI=1S/C13H28N2O/c1-5-15(11(2)3)12(4)9-14-10-13-7-6-8-16-13/h11-14H,5-10H2,1-4H3. The molecule has 0 aromatic heterocycles. The highest BCUT2D eigenvalue weighted by Gasteiger charge is 2.17. The van der Waals surface area contributed by atoms with Gasteiger partial charge in [-0.15, -0.1) is 0 Å². The third kappa shape index (κ3) is 4.40. The number of hydrogen-bond donors (Lipinski definition) is 1. The van der Waals surface area contributed by atoms with Crippen LogP contribution in [-0.4, -0.2) is 49.3 Å². The van der Waals surface area contributed by atoms with Gasteiger partial charge in [0, 0.05) is 31.8 Å². The van der Waals surface area contributed by atoms with E-state index in [0.717, 1.165) is 26.2 Å². The van der Waals surface area contributed by atoms with E-state index in [1.54, 1.807) is 0 Å². The van der Waals surface area contributed by atoms with E-state index in [-0.39, 0.29) is 0 Å². The monoisotopic (exact) mass is 228 g/mol. The minimum Gasteiger partial charge on any atom is -0.377 e. The first kappa shape index (κ1) is 13.9. The molecule has 0 spiro atoms. The van der Waals surface area contributed by atoms with E-state index in [4.69, 9.17) is 4.74 Å². The minimum absolute atomic E-state index is 0.460. The summed E-state index contributed by atoms with van der Waals surface area (Å²) in [4.78, 5) is 2.52. The Morgan fingerprint density at radius 2 is 2.12 bits per heavy atom. The lowest BCUT2D eigenvalue weighted by Gasteiger charge is -2.32. The molecule has 96 valence electrons. The highest BCUT2D eigenvalue weighted by atomic mass is 16.5. The summed E-state index contributed by atoms with van der Waals surface area (Å²) < 4.78 is 5.59. The summed E-state index contributed by atoms with van der Waals surface area (Å²) in [5, 5.41) is 3.53. The quantitative estimate of drug-likeness (QED) is 0.720. The highest BCUT2D eigenvalue weighted by Crippen LogP contribution is 2.10. The Kier molecular flexibility index (Phi) is 6.32. The van der Waals surface area contributed by atoms with Gasteiger partial charge in [0.15, 0.2) is 0 Å². The average molecular weight is 228 g/mol. The second kappa shape index (κ2) is 7.25. The number of hydrogen-bond acceptors (Lipinski definition) is 3. The van der Waals surface area contributed by atoms with Crippen LogP contribution in [0.25, 0.3) is 0 Å². The van der Waals surface area contributed by atoms with Gasteiger partial charge in [-0.2, -0.15) is 0 Å². The maximum Gasteiger partial charge on any atom is 0.0700 e. The molecule has 0 saturated carbocycles. The van der Waals surface area contributed by atoms with E-state index in [2.05, 4.69) is 37.9 Å². The van der Waals surface area contributed by atoms with Crippen molar-refractivity contribution in [1.29, 1.82) is 0 Å². The molecular weight excluding hydrogens is 200 g/mol. The van der Waals surface area contributed by atoms with Gasteiger partial charge in [-0.1, -0.05) is 6.92 Å². The van der Waals surface area contributed by atoms with Crippen LogP contribution in [0.5, 0.6) is 0 Å². The Hall–Kier alpha value is -0.120. The molecule has 1 N–H and O–H groups in total. The summed E-state index contributed by atoms with van der Waals surface area (Å²) in [6.07, 6.45) is 2.92. The van der Waals surface area contributed by atoms with Crippen molar-refractivity contribution in [2.45, 2.75) is 58.7 Å². The summed E-state index contributed by atoms with van der Waals surface area (Å²) in [7, 11) is 0. The van der Waals surface area contributed by atoms with Gasteiger partial charge in [-0.25, -0.2) is 0 Å². The van der Waals surface area contributed by atoms with E-state index in [9.17, 15) is 0 Å². The molecule has 0 bridgehead atoms. The molecule has 0 aliphatic carbocycles. The van der Waals surface area contributed by atoms with Gasteiger partial charge in [-0.05, 0) is 40.2 Å². The van der Waals surface area contributed by atoms with E-state index < -0.39 is 0 Å². The zero-order valence-electron chi connectivity index (χ0n) is 11.3. The molecule has 2 atom stereocenters. The topological polar surface area (TPSA) is 24.5 Å². The Morgan fingerprint density at radius 1 is 1.38 bits per heavy atom. The molecule has 0 amide bonds. The summed E-state index contributed by atoms with van der Waals surface area (Å²) in [5.74, 6) is 0. The molecule has 16 heavy (non-hydrogen) atoms. The van der Waals surface area contributed by atoms with Crippen molar-refractivity contribution in [1.82, 2.24) is 10.2 Å². The van der Waals surface area contributed by atoms with Crippen molar-refractivity contribution < 1.29 is 4.74 Å². The van der Waals surface area contributed by atoms with Gasteiger partial charge in [0.25, 0.3) is 0 Å². The largest absolute Gasteiger partial charge is 0.377 e. The fourth-order valence-corrected chi connectivity index (χ4v) is 2.56. The van der Waals surface area contributed by atoms with Gasteiger partial charge >= 0.3 is 0 Å². The lowest BCUT2D eigenvalue weighted by molar-refractivity contribution is 0.105. The van der Waals surface area contributed by atoms with E-state index in [1.807, 2.05) is 0 Å². The van der Waals surface area contributed by atoms with Crippen molar-refractivity contribution in [2.24, 2.45) is 0 Å². The van der Waals surface area contributed by atoms with E-state index in [0.29, 0.717) is 18.2 Å². The van der Waals surface area contributed by atoms with Crippen LogP contribution in [0.3, 0.4) is 0 Å². The smallest absolute Gasteiger partial charge is 0.0700 e. The molecule has 3 nitrogen and oxygen atoms in total. The SMILES string of the molecule is CCN(C(C)C)C(C)CNCC1CCCO1. The molecule has 1 fully saturated rings. The second-order valence-electron chi connectivity index (χ2n) is 5.07. The van der Waals surface area contributed by atoms with Crippen LogP contribution in [0.4, 0.5) is 0 Å². The number of likely N-dealkylation sites (N-methyl/N-ethyl adjacent to an activating group) is 1. The van der Waals surface area contributed by atoms with Gasteiger partial charge in [0.2, 0.25) is 0 Å². The van der Waals surface area contributed by atoms with Crippen LogP contribution in [0.1, 0.15) is 40.5 Å². The third-order valence-corrected chi connectivity index (χ3v) is 3.43. The molecular formula is C13H28N2O. The fourth-order valence-electron chi connectivity index (χ4n) is 2.56. The normalized spacial score (nSPS) is 23.2. The first-order valence-corrected chi connectivity index (χ1v) is 6.73. The van der Waals surface area contributed by atoms with Crippen molar-refractivity contribution in [3.8, 4) is 0 Å². The van der Waals surface area contributed by atoms with Crippen LogP contribution in [-0.2, 0) is 4.74 Å². The maximum absolute atomic E-state index is 5.59. The van der Waals surface area contributed by atoms with Gasteiger partial charge in [0.1, 0.15) is 0 Å². The van der Waals surface area contributed by atoms with Crippen LogP contribution in [0.15, 0.2) is 0 Å². The zero-order chi connectivity index (χ0) is 12.0. The molecule has 1 heterocycles. The number of rotatable bonds is 7. The molecule has 0 aromatic carbocycles. The van der Waals surface area contributed by atoms with Crippen LogP contribution in [0.2, 0.25) is 0 Å². The third-order valence-electron chi connectivity index (χ3n) is 3.43. The van der Waals surface area contributed by atoms with Gasteiger partial charge in [-0.3, -0.25) is 4.90 Å². The summed E-state index contributed by atoms with van der Waals surface area (Å²) in [6.45, 7) is 13.2. The van der Waals surface area contributed by atoms with Crippen molar-refractivity contribution >= 4 is 0 Å². The zero-order valence-corrected chi connectivity index (χ0v) is 11.3. The predicted molar refractivity (Wildman–Crippen MR) is 68.8 cm³/mol. The van der Waals surface area contributed by atoms with Crippen molar-refractivity contribution in [3.63, 3.8) is 0 Å². The number of ether oxygens (including phenoxy) is 1. The van der Waals surface area contributed by atoms with E-state index >= 15 is 0 Å². The lowest BCUT2D eigenvalue weighted by atomic mass is 10.2. The predicted octanol–water partition coefficient (Wildman–Crippen LogP) is 1.87. The maximum atomic E-state index is 5.59. The molecule has 1 aliphatic rings. The fraction of sp³-hybridized carbons (Fsp3) is 1.00. The Bertz CT molecular complexity index is 179. The van der Waals surface area contributed by atoms with Crippen LogP contribution >= 0.6 is 0 Å². The molecule has 1 saturated heterocycles. The molecule has 3 heteroatoms. The molecule has 0 radical (unpaired) electrons. The minimum atomic E-state index is 0.460.